The van der Waals surface area contributed by atoms with Gasteiger partial charge < -0.3 is 15.7 Å². The molecule has 2 fully saturated rings. The van der Waals surface area contributed by atoms with E-state index in [0.29, 0.717) is 5.92 Å². The van der Waals surface area contributed by atoms with Crippen molar-refractivity contribution in [1.29, 1.82) is 0 Å². The van der Waals surface area contributed by atoms with Gasteiger partial charge in [0.2, 0.25) is 5.91 Å². The molecule has 0 bridgehead atoms. The van der Waals surface area contributed by atoms with Crippen LogP contribution >= 0.6 is 0 Å². The van der Waals surface area contributed by atoms with Crippen LogP contribution in [0.1, 0.15) is 39.0 Å². The first kappa shape index (κ1) is 12.8. The van der Waals surface area contributed by atoms with Crippen LogP contribution in [-0.4, -0.2) is 36.2 Å². The Hall–Kier alpha value is -0.610. The molecular weight excluding hydrogens is 216 g/mol. The van der Waals surface area contributed by atoms with E-state index in [-0.39, 0.29) is 24.0 Å². The first-order valence-corrected chi connectivity index (χ1v) is 6.80. The Morgan fingerprint density at radius 1 is 1.35 bits per heavy atom. The fraction of sp³-hybridized carbons (Fsp3) is 0.923. The summed E-state index contributed by atoms with van der Waals surface area (Å²) in [5.41, 5.74) is -0.336. The van der Waals surface area contributed by atoms with E-state index >= 15 is 0 Å². The number of aliphatic hydroxyl groups is 1. The molecule has 1 amide bonds. The summed E-state index contributed by atoms with van der Waals surface area (Å²) >= 11 is 0. The molecule has 0 radical (unpaired) electrons. The minimum Gasteiger partial charge on any atom is -0.394 e. The van der Waals surface area contributed by atoms with Gasteiger partial charge >= 0.3 is 0 Å². The molecule has 2 atom stereocenters. The van der Waals surface area contributed by atoms with Crippen LogP contribution in [0.4, 0.5) is 0 Å². The first-order chi connectivity index (χ1) is 8.17. The third-order valence-corrected chi connectivity index (χ3v) is 4.36. The van der Waals surface area contributed by atoms with E-state index in [1.54, 1.807) is 0 Å². The third kappa shape index (κ3) is 2.80. The van der Waals surface area contributed by atoms with E-state index in [1.165, 1.54) is 6.42 Å². The smallest absolute Gasteiger partial charge is 0.225 e. The number of nitrogens with one attached hydrogen (secondary N) is 2. The second kappa shape index (κ2) is 5.36. The number of aliphatic hydroxyl groups excluding tert-OH is 1. The highest BCUT2D eigenvalue weighted by Gasteiger charge is 2.37. The maximum absolute atomic E-state index is 12.2. The predicted molar refractivity (Wildman–Crippen MR) is 66.6 cm³/mol. The van der Waals surface area contributed by atoms with Crippen LogP contribution < -0.4 is 10.6 Å². The molecule has 0 aromatic carbocycles. The lowest BCUT2D eigenvalue weighted by atomic mass is 9.81. The molecule has 0 spiro atoms. The number of carbonyl (C=O) groups is 1. The third-order valence-electron chi connectivity index (χ3n) is 4.36. The molecule has 1 aliphatic carbocycles. The maximum atomic E-state index is 12.2. The normalized spacial score (nSPS) is 32.4. The highest BCUT2D eigenvalue weighted by molar-refractivity contribution is 5.80. The summed E-state index contributed by atoms with van der Waals surface area (Å²) in [6.45, 7) is 3.88. The average Bonchev–Trinajstić information content (AvgIpc) is 2.77. The molecule has 4 nitrogen and oxygen atoms in total. The second-order valence-electron chi connectivity index (χ2n) is 5.73. The Labute approximate surface area is 103 Å². The van der Waals surface area contributed by atoms with Gasteiger partial charge in [-0.05, 0) is 25.3 Å². The van der Waals surface area contributed by atoms with E-state index in [9.17, 15) is 9.90 Å². The Morgan fingerprint density at radius 3 is 2.59 bits per heavy atom. The van der Waals surface area contributed by atoms with E-state index in [2.05, 4.69) is 17.6 Å². The first-order valence-electron chi connectivity index (χ1n) is 6.80. The molecule has 0 unspecified atom stereocenters. The maximum Gasteiger partial charge on any atom is 0.225 e. The van der Waals surface area contributed by atoms with Crippen LogP contribution in [0.3, 0.4) is 0 Å². The summed E-state index contributed by atoms with van der Waals surface area (Å²) in [5, 5.41) is 15.9. The van der Waals surface area contributed by atoms with Crippen LogP contribution in [0, 0.1) is 11.8 Å². The zero-order valence-corrected chi connectivity index (χ0v) is 10.7. The van der Waals surface area contributed by atoms with Gasteiger partial charge in [-0.25, -0.2) is 0 Å². The van der Waals surface area contributed by atoms with Crippen molar-refractivity contribution in [2.75, 3.05) is 19.7 Å². The van der Waals surface area contributed by atoms with Crippen LogP contribution in [0.25, 0.3) is 0 Å². The SMILES string of the molecule is C[C@@H]1CNC[C@H]1C(=O)NC1(CO)CCCCC1. The Bertz CT molecular complexity index is 275. The van der Waals surface area contributed by atoms with Crippen molar-refractivity contribution in [2.24, 2.45) is 11.8 Å². The van der Waals surface area contributed by atoms with Gasteiger partial charge in [0.05, 0.1) is 18.1 Å². The van der Waals surface area contributed by atoms with Gasteiger partial charge in [0.1, 0.15) is 0 Å². The highest BCUT2D eigenvalue weighted by atomic mass is 16.3. The number of carbonyl (C=O) groups excluding carboxylic acids is 1. The lowest BCUT2D eigenvalue weighted by molar-refractivity contribution is -0.128. The van der Waals surface area contributed by atoms with Crippen molar-refractivity contribution in [1.82, 2.24) is 10.6 Å². The van der Waals surface area contributed by atoms with Gasteiger partial charge in [0.25, 0.3) is 0 Å². The van der Waals surface area contributed by atoms with Crippen molar-refractivity contribution in [2.45, 2.75) is 44.6 Å². The Balaban J connectivity index is 1.95. The van der Waals surface area contributed by atoms with Crippen molar-refractivity contribution < 1.29 is 9.90 Å². The van der Waals surface area contributed by atoms with Crippen molar-refractivity contribution in [3.63, 3.8) is 0 Å². The minimum absolute atomic E-state index is 0.0698. The largest absolute Gasteiger partial charge is 0.394 e. The summed E-state index contributed by atoms with van der Waals surface area (Å²) in [6, 6.07) is 0. The molecule has 1 aliphatic heterocycles. The molecule has 1 heterocycles. The van der Waals surface area contributed by atoms with Crippen LogP contribution in [0.5, 0.6) is 0 Å². The molecule has 0 aromatic rings. The summed E-state index contributed by atoms with van der Waals surface area (Å²) in [6.07, 6.45) is 5.28. The van der Waals surface area contributed by atoms with E-state index in [1.807, 2.05) is 0 Å². The zero-order valence-electron chi connectivity index (χ0n) is 10.7. The van der Waals surface area contributed by atoms with Crippen LogP contribution in [0.15, 0.2) is 0 Å². The predicted octanol–water partition coefficient (Wildman–Crippen LogP) is 0.653. The minimum atomic E-state index is -0.336. The fourth-order valence-electron chi connectivity index (χ4n) is 3.07. The van der Waals surface area contributed by atoms with E-state index in [4.69, 9.17) is 0 Å². The number of hydrogen-bond donors (Lipinski definition) is 3. The van der Waals surface area contributed by atoms with Crippen LogP contribution in [0.2, 0.25) is 0 Å². The van der Waals surface area contributed by atoms with Crippen molar-refractivity contribution in [3.8, 4) is 0 Å². The second-order valence-corrected chi connectivity index (χ2v) is 5.73. The summed E-state index contributed by atoms with van der Waals surface area (Å²) in [4.78, 5) is 12.2. The Morgan fingerprint density at radius 2 is 2.06 bits per heavy atom. The van der Waals surface area contributed by atoms with Gasteiger partial charge in [-0.1, -0.05) is 26.2 Å². The molecule has 1 saturated carbocycles. The van der Waals surface area contributed by atoms with Gasteiger partial charge in [-0.3, -0.25) is 4.79 Å². The summed E-state index contributed by atoms with van der Waals surface area (Å²) in [5.74, 6) is 0.591. The van der Waals surface area contributed by atoms with Gasteiger partial charge in [0.15, 0.2) is 0 Å². The van der Waals surface area contributed by atoms with Gasteiger partial charge in [-0.15, -0.1) is 0 Å². The van der Waals surface area contributed by atoms with Crippen molar-refractivity contribution >= 4 is 5.91 Å². The number of rotatable bonds is 3. The molecule has 0 aromatic heterocycles. The average molecular weight is 240 g/mol. The summed E-state index contributed by atoms with van der Waals surface area (Å²) < 4.78 is 0. The molecular formula is C13H24N2O2. The lowest BCUT2D eigenvalue weighted by Crippen LogP contribution is -2.54. The standard InChI is InChI=1S/C13H24N2O2/c1-10-7-14-8-11(10)12(17)15-13(9-16)5-3-2-4-6-13/h10-11,14,16H,2-9H2,1H3,(H,15,17)/t10-,11-/m1/s1. The van der Waals surface area contributed by atoms with E-state index < -0.39 is 0 Å². The summed E-state index contributed by atoms with van der Waals surface area (Å²) in [7, 11) is 0. The van der Waals surface area contributed by atoms with Gasteiger partial charge in [-0.2, -0.15) is 0 Å². The number of hydrogen-bond acceptors (Lipinski definition) is 3. The number of amides is 1. The molecule has 17 heavy (non-hydrogen) atoms. The van der Waals surface area contributed by atoms with Crippen LogP contribution in [-0.2, 0) is 4.79 Å². The van der Waals surface area contributed by atoms with Gasteiger partial charge in [0, 0.05) is 6.54 Å². The highest BCUT2D eigenvalue weighted by Crippen LogP contribution is 2.28. The quantitative estimate of drug-likeness (QED) is 0.679. The molecule has 2 aliphatic rings. The molecule has 98 valence electrons. The molecule has 1 saturated heterocycles. The molecule has 2 rings (SSSR count). The topological polar surface area (TPSA) is 61.4 Å². The van der Waals surface area contributed by atoms with E-state index in [0.717, 1.165) is 38.8 Å². The molecule has 3 N–H and O–H groups in total. The molecule has 4 heteroatoms. The fourth-order valence-corrected chi connectivity index (χ4v) is 3.07. The Kier molecular flexibility index (Phi) is 4.05. The monoisotopic (exact) mass is 240 g/mol. The zero-order chi connectivity index (χ0) is 12.3. The van der Waals surface area contributed by atoms with Crippen molar-refractivity contribution in [3.05, 3.63) is 0 Å². The lowest BCUT2D eigenvalue weighted by Gasteiger charge is -2.37.